The summed E-state index contributed by atoms with van der Waals surface area (Å²) in [7, 11) is 0. The SMILES string of the molecule is CC1CC(C)CN(C(=O)c2ccc(Br)cc2O)C1. The molecule has 1 aromatic rings. The van der Waals surface area contributed by atoms with E-state index in [4.69, 9.17) is 0 Å². The van der Waals surface area contributed by atoms with Crippen LogP contribution in [-0.4, -0.2) is 29.0 Å². The lowest BCUT2D eigenvalue weighted by Gasteiger charge is -2.35. The van der Waals surface area contributed by atoms with Crippen molar-refractivity contribution in [1.82, 2.24) is 4.90 Å². The van der Waals surface area contributed by atoms with E-state index in [2.05, 4.69) is 29.8 Å². The summed E-state index contributed by atoms with van der Waals surface area (Å²) in [5.74, 6) is 1.02. The first-order chi connectivity index (χ1) is 8.47. The van der Waals surface area contributed by atoms with Crippen molar-refractivity contribution in [2.75, 3.05) is 13.1 Å². The molecule has 4 heteroatoms. The highest BCUT2D eigenvalue weighted by Gasteiger charge is 2.27. The first kappa shape index (κ1) is 13.4. The molecule has 1 aliphatic heterocycles. The zero-order chi connectivity index (χ0) is 13.3. The minimum atomic E-state index is -0.0709. The van der Waals surface area contributed by atoms with Crippen LogP contribution in [0.1, 0.15) is 30.6 Å². The topological polar surface area (TPSA) is 40.5 Å². The zero-order valence-electron chi connectivity index (χ0n) is 10.7. The fraction of sp³-hybridized carbons (Fsp3) is 0.500. The number of likely N-dealkylation sites (tertiary alicyclic amines) is 1. The molecule has 2 unspecified atom stereocenters. The molecule has 1 amide bonds. The quantitative estimate of drug-likeness (QED) is 0.864. The van der Waals surface area contributed by atoms with Crippen LogP contribution >= 0.6 is 15.9 Å². The second kappa shape index (κ2) is 5.31. The number of phenolic OH excluding ortho intramolecular Hbond substituents is 1. The van der Waals surface area contributed by atoms with Gasteiger partial charge in [0.15, 0.2) is 0 Å². The summed E-state index contributed by atoms with van der Waals surface area (Å²) >= 11 is 3.28. The van der Waals surface area contributed by atoms with Crippen LogP contribution in [-0.2, 0) is 0 Å². The van der Waals surface area contributed by atoms with Crippen molar-refractivity contribution in [2.24, 2.45) is 11.8 Å². The van der Waals surface area contributed by atoms with Gasteiger partial charge in [0, 0.05) is 17.6 Å². The molecule has 2 atom stereocenters. The number of piperidine rings is 1. The van der Waals surface area contributed by atoms with Gasteiger partial charge in [-0.05, 0) is 36.5 Å². The molecule has 3 nitrogen and oxygen atoms in total. The fourth-order valence-electron chi connectivity index (χ4n) is 2.68. The molecule has 0 aromatic heterocycles. The van der Waals surface area contributed by atoms with Crippen molar-refractivity contribution >= 4 is 21.8 Å². The Morgan fingerprint density at radius 2 is 1.94 bits per heavy atom. The maximum atomic E-state index is 12.4. The number of amides is 1. The Balaban J connectivity index is 2.20. The van der Waals surface area contributed by atoms with Gasteiger partial charge in [-0.25, -0.2) is 0 Å². The van der Waals surface area contributed by atoms with Crippen LogP contribution in [0.5, 0.6) is 5.75 Å². The van der Waals surface area contributed by atoms with E-state index in [1.165, 1.54) is 0 Å². The monoisotopic (exact) mass is 311 g/mol. The highest BCUT2D eigenvalue weighted by molar-refractivity contribution is 9.10. The Morgan fingerprint density at radius 1 is 1.33 bits per heavy atom. The maximum Gasteiger partial charge on any atom is 0.257 e. The number of phenols is 1. The third kappa shape index (κ3) is 2.86. The molecule has 0 spiro atoms. The lowest BCUT2D eigenvalue weighted by molar-refractivity contribution is 0.0620. The molecule has 0 saturated carbocycles. The molecule has 1 saturated heterocycles. The molecule has 0 bridgehead atoms. The fourth-order valence-corrected chi connectivity index (χ4v) is 3.03. The summed E-state index contributed by atoms with van der Waals surface area (Å²) in [6.07, 6.45) is 1.16. The van der Waals surface area contributed by atoms with Gasteiger partial charge in [0.1, 0.15) is 5.75 Å². The molecule has 1 aliphatic rings. The Morgan fingerprint density at radius 3 is 2.50 bits per heavy atom. The van der Waals surface area contributed by atoms with E-state index in [0.29, 0.717) is 17.4 Å². The predicted molar refractivity (Wildman–Crippen MR) is 74.7 cm³/mol. The molecule has 2 rings (SSSR count). The van der Waals surface area contributed by atoms with E-state index >= 15 is 0 Å². The van der Waals surface area contributed by atoms with Gasteiger partial charge < -0.3 is 10.0 Å². The lowest BCUT2D eigenvalue weighted by atomic mass is 9.91. The van der Waals surface area contributed by atoms with Crippen LogP contribution in [0.2, 0.25) is 0 Å². The van der Waals surface area contributed by atoms with E-state index in [1.54, 1.807) is 18.2 Å². The summed E-state index contributed by atoms with van der Waals surface area (Å²) in [5, 5.41) is 9.85. The maximum absolute atomic E-state index is 12.4. The summed E-state index contributed by atoms with van der Waals surface area (Å²) in [6.45, 7) is 5.88. The molecule has 1 N–H and O–H groups in total. The number of benzene rings is 1. The Labute approximate surface area is 116 Å². The van der Waals surface area contributed by atoms with Gasteiger partial charge in [0.05, 0.1) is 5.56 Å². The van der Waals surface area contributed by atoms with Crippen molar-refractivity contribution in [3.63, 3.8) is 0 Å². The molecular formula is C14H18BrNO2. The second-order valence-corrected chi connectivity index (χ2v) is 6.23. The summed E-state index contributed by atoms with van der Waals surface area (Å²) in [5.41, 5.74) is 0.388. The third-order valence-electron chi connectivity index (χ3n) is 3.35. The van der Waals surface area contributed by atoms with E-state index in [1.807, 2.05) is 4.90 Å². The Bertz CT molecular complexity index is 451. The van der Waals surface area contributed by atoms with Gasteiger partial charge >= 0.3 is 0 Å². The molecule has 0 aliphatic carbocycles. The van der Waals surface area contributed by atoms with Crippen LogP contribution in [0, 0.1) is 11.8 Å². The standard InChI is InChI=1S/C14H18BrNO2/c1-9-5-10(2)8-16(7-9)14(18)12-4-3-11(15)6-13(12)17/h3-4,6,9-10,17H,5,7-8H2,1-2H3. The number of aromatic hydroxyl groups is 1. The minimum absolute atomic E-state index is 0.0419. The van der Waals surface area contributed by atoms with Crippen molar-refractivity contribution in [3.8, 4) is 5.75 Å². The normalized spacial score (nSPS) is 24.1. The van der Waals surface area contributed by atoms with Crippen LogP contribution in [0.4, 0.5) is 0 Å². The first-order valence-corrected chi connectivity index (χ1v) is 7.04. The van der Waals surface area contributed by atoms with Crippen LogP contribution in [0.3, 0.4) is 0 Å². The van der Waals surface area contributed by atoms with Gasteiger partial charge in [-0.1, -0.05) is 29.8 Å². The van der Waals surface area contributed by atoms with Crippen LogP contribution in [0.25, 0.3) is 0 Å². The molecule has 1 aromatic carbocycles. The number of nitrogens with zero attached hydrogens (tertiary/aromatic N) is 1. The minimum Gasteiger partial charge on any atom is -0.507 e. The summed E-state index contributed by atoms with van der Waals surface area (Å²) < 4.78 is 0.775. The van der Waals surface area contributed by atoms with Gasteiger partial charge in [0.2, 0.25) is 0 Å². The number of rotatable bonds is 1. The number of halogens is 1. The molecule has 1 heterocycles. The Kier molecular flexibility index (Phi) is 3.95. The van der Waals surface area contributed by atoms with E-state index in [-0.39, 0.29) is 11.7 Å². The molecular weight excluding hydrogens is 294 g/mol. The second-order valence-electron chi connectivity index (χ2n) is 5.32. The van der Waals surface area contributed by atoms with Gasteiger partial charge in [-0.15, -0.1) is 0 Å². The summed E-state index contributed by atoms with van der Waals surface area (Å²) in [6, 6.07) is 5.01. The number of carbonyl (C=O) groups is 1. The van der Waals surface area contributed by atoms with E-state index < -0.39 is 0 Å². The molecule has 0 radical (unpaired) electrons. The van der Waals surface area contributed by atoms with Crippen molar-refractivity contribution in [3.05, 3.63) is 28.2 Å². The number of hydrogen-bond acceptors (Lipinski definition) is 2. The van der Waals surface area contributed by atoms with Crippen LogP contribution < -0.4 is 0 Å². The smallest absolute Gasteiger partial charge is 0.257 e. The van der Waals surface area contributed by atoms with E-state index in [9.17, 15) is 9.90 Å². The van der Waals surface area contributed by atoms with Gasteiger partial charge in [-0.3, -0.25) is 4.79 Å². The lowest BCUT2D eigenvalue weighted by Crippen LogP contribution is -2.42. The number of hydrogen-bond donors (Lipinski definition) is 1. The average Bonchev–Trinajstić information content (AvgIpc) is 2.26. The highest BCUT2D eigenvalue weighted by atomic mass is 79.9. The largest absolute Gasteiger partial charge is 0.507 e. The molecule has 1 fully saturated rings. The van der Waals surface area contributed by atoms with Crippen LogP contribution in [0.15, 0.2) is 22.7 Å². The number of carbonyl (C=O) groups excluding carboxylic acids is 1. The third-order valence-corrected chi connectivity index (χ3v) is 3.84. The summed E-state index contributed by atoms with van der Waals surface area (Å²) in [4.78, 5) is 14.2. The molecule has 98 valence electrons. The predicted octanol–water partition coefficient (Wildman–Crippen LogP) is 3.27. The van der Waals surface area contributed by atoms with Crippen molar-refractivity contribution in [1.29, 1.82) is 0 Å². The zero-order valence-corrected chi connectivity index (χ0v) is 12.3. The van der Waals surface area contributed by atoms with Crippen molar-refractivity contribution in [2.45, 2.75) is 20.3 Å². The van der Waals surface area contributed by atoms with Gasteiger partial charge in [-0.2, -0.15) is 0 Å². The van der Waals surface area contributed by atoms with E-state index in [0.717, 1.165) is 24.0 Å². The van der Waals surface area contributed by atoms with Gasteiger partial charge in [0.25, 0.3) is 5.91 Å². The molecule has 18 heavy (non-hydrogen) atoms. The average molecular weight is 312 g/mol. The first-order valence-electron chi connectivity index (χ1n) is 6.25. The van der Waals surface area contributed by atoms with Crippen molar-refractivity contribution < 1.29 is 9.90 Å². The Hall–Kier alpha value is -1.03. The highest BCUT2D eigenvalue weighted by Crippen LogP contribution is 2.27.